The SMILES string of the molecule is CC(NC1CC1)C(=O)c1ccc(Br)cc1. The van der Waals surface area contributed by atoms with Crippen LogP contribution < -0.4 is 5.32 Å². The summed E-state index contributed by atoms with van der Waals surface area (Å²) in [5.41, 5.74) is 0.777. The molecule has 1 aliphatic rings. The van der Waals surface area contributed by atoms with Gasteiger partial charge in [-0.25, -0.2) is 0 Å². The summed E-state index contributed by atoms with van der Waals surface area (Å²) in [6.07, 6.45) is 2.41. The summed E-state index contributed by atoms with van der Waals surface area (Å²) in [6, 6.07) is 8.02. The third-order valence-corrected chi connectivity index (χ3v) is 3.11. The lowest BCUT2D eigenvalue weighted by molar-refractivity contribution is 0.0950. The van der Waals surface area contributed by atoms with E-state index >= 15 is 0 Å². The van der Waals surface area contributed by atoms with Crippen LogP contribution in [0.5, 0.6) is 0 Å². The first-order chi connectivity index (χ1) is 7.16. The van der Waals surface area contributed by atoms with Crippen molar-refractivity contribution in [2.24, 2.45) is 0 Å². The maximum atomic E-state index is 11.9. The number of carbonyl (C=O) groups excluding carboxylic acids is 1. The van der Waals surface area contributed by atoms with Crippen molar-refractivity contribution in [3.05, 3.63) is 34.3 Å². The number of benzene rings is 1. The predicted molar refractivity (Wildman–Crippen MR) is 64.1 cm³/mol. The zero-order valence-corrected chi connectivity index (χ0v) is 10.3. The molecule has 1 N–H and O–H groups in total. The molecule has 1 atom stereocenters. The molecule has 0 aromatic heterocycles. The largest absolute Gasteiger partial charge is 0.305 e. The standard InChI is InChI=1S/C12H14BrNO/c1-8(14-11-6-7-11)12(15)9-2-4-10(13)5-3-9/h2-5,8,11,14H,6-7H2,1H3. The van der Waals surface area contributed by atoms with Crippen LogP contribution in [0.3, 0.4) is 0 Å². The quantitative estimate of drug-likeness (QED) is 0.851. The molecule has 0 bridgehead atoms. The monoisotopic (exact) mass is 267 g/mol. The van der Waals surface area contributed by atoms with Crippen LogP contribution in [0.1, 0.15) is 30.1 Å². The van der Waals surface area contributed by atoms with E-state index in [4.69, 9.17) is 0 Å². The van der Waals surface area contributed by atoms with Gasteiger partial charge < -0.3 is 5.32 Å². The number of Topliss-reactive ketones (excluding diaryl/α,β-unsaturated/α-hetero) is 1. The number of hydrogen-bond donors (Lipinski definition) is 1. The van der Waals surface area contributed by atoms with Crippen molar-refractivity contribution in [2.75, 3.05) is 0 Å². The Bertz CT molecular complexity index is 356. The molecule has 0 radical (unpaired) electrons. The molecule has 1 saturated carbocycles. The maximum Gasteiger partial charge on any atom is 0.179 e. The molecule has 3 heteroatoms. The van der Waals surface area contributed by atoms with Gasteiger partial charge in [0, 0.05) is 16.1 Å². The summed E-state index contributed by atoms with van der Waals surface area (Å²) in [5, 5.41) is 3.31. The zero-order chi connectivity index (χ0) is 10.8. The first kappa shape index (κ1) is 10.8. The normalized spacial score (nSPS) is 17.5. The van der Waals surface area contributed by atoms with Crippen molar-refractivity contribution >= 4 is 21.7 Å². The third kappa shape index (κ3) is 2.89. The average Bonchev–Trinajstić information content (AvgIpc) is 3.02. The summed E-state index contributed by atoms with van der Waals surface area (Å²) in [4.78, 5) is 11.9. The number of nitrogens with one attached hydrogen (secondary N) is 1. The smallest absolute Gasteiger partial charge is 0.179 e. The molecule has 1 fully saturated rings. The van der Waals surface area contributed by atoms with Gasteiger partial charge in [-0.2, -0.15) is 0 Å². The lowest BCUT2D eigenvalue weighted by atomic mass is 10.1. The molecule has 0 aliphatic heterocycles. The van der Waals surface area contributed by atoms with Gasteiger partial charge in [0.1, 0.15) is 0 Å². The second-order valence-corrected chi connectivity index (χ2v) is 4.95. The van der Waals surface area contributed by atoms with Crippen molar-refractivity contribution in [3.63, 3.8) is 0 Å². The molecule has 2 rings (SSSR count). The molecular weight excluding hydrogens is 254 g/mol. The number of halogens is 1. The molecular formula is C12H14BrNO. The number of ketones is 1. The van der Waals surface area contributed by atoms with Gasteiger partial charge >= 0.3 is 0 Å². The minimum absolute atomic E-state index is 0.0707. The van der Waals surface area contributed by atoms with E-state index in [9.17, 15) is 4.79 Å². The fourth-order valence-electron chi connectivity index (χ4n) is 1.54. The Morgan fingerprint density at radius 2 is 2.00 bits per heavy atom. The van der Waals surface area contributed by atoms with E-state index in [1.54, 1.807) is 0 Å². The maximum absolute atomic E-state index is 11.9. The Morgan fingerprint density at radius 1 is 1.40 bits per heavy atom. The van der Waals surface area contributed by atoms with Crippen LogP contribution in [0, 0.1) is 0 Å². The molecule has 1 aliphatic carbocycles. The van der Waals surface area contributed by atoms with Crippen LogP contribution in [-0.4, -0.2) is 17.9 Å². The second kappa shape index (κ2) is 4.45. The van der Waals surface area contributed by atoms with E-state index in [1.165, 1.54) is 12.8 Å². The molecule has 0 spiro atoms. The van der Waals surface area contributed by atoms with Gasteiger partial charge in [0.2, 0.25) is 0 Å². The van der Waals surface area contributed by atoms with E-state index in [0.29, 0.717) is 6.04 Å². The third-order valence-electron chi connectivity index (χ3n) is 2.59. The number of hydrogen-bond acceptors (Lipinski definition) is 2. The van der Waals surface area contributed by atoms with Gasteiger partial charge in [-0.1, -0.05) is 28.1 Å². The fourth-order valence-corrected chi connectivity index (χ4v) is 1.81. The van der Waals surface area contributed by atoms with Crippen molar-refractivity contribution in [1.29, 1.82) is 0 Å². The summed E-state index contributed by atoms with van der Waals surface area (Å²) in [7, 11) is 0. The molecule has 1 unspecified atom stereocenters. The summed E-state index contributed by atoms with van der Waals surface area (Å²) in [6.45, 7) is 1.93. The Balaban J connectivity index is 2.02. The summed E-state index contributed by atoms with van der Waals surface area (Å²) >= 11 is 3.35. The fraction of sp³-hybridized carbons (Fsp3) is 0.417. The van der Waals surface area contributed by atoms with Crippen LogP contribution in [0.4, 0.5) is 0 Å². The van der Waals surface area contributed by atoms with Crippen molar-refractivity contribution in [2.45, 2.75) is 31.8 Å². The molecule has 0 heterocycles. The van der Waals surface area contributed by atoms with Crippen molar-refractivity contribution in [1.82, 2.24) is 5.32 Å². The molecule has 1 aromatic rings. The van der Waals surface area contributed by atoms with Crippen molar-refractivity contribution < 1.29 is 4.79 Å². The van der Waals surface area contributed by atoms with E-state index in [2.05, 4.69) is 21.2 Å². The van der Waals surface area contributed by atoms with Gasteiger partial charge in [-0.15, -0.1) is 0 Å². The predicted octanol–water partition coefficient (Wildman–Crippen LogP) is 2.77. The van der Waals surface area contributed by atoms with Gasteiger partial charge in [0.25, 0.3) is 0 Å². The topological polar surface area (TPSA) is 29.1 Å². The second-order valence-electron chi connectivity index (χ2n) is 4.03. The highest BCUT2D eigenvalue weighted by atomic mass is 79.9. The molecule has 15 heavy (non-hydrogen) atoms. The molecule has 0 saturated heterocycles. The number of rotatable bonds is 4. The first-order valence-corrected chi connectivity index (χ1v) is 6.02. The highest BCUT2D eigenvalue weighted by molar-refractivity contribution is 9.10. The molecule has 2 nitrogen and oxygen atoms in total. The highest BCUT2D eigenvalue weighted by Gasteiger charge is 2.25. The molecule has 80 valence electrons. The van der Waals surface area contributed by atoms with E-state index < -0.39 is 0 Å². The summed E-state index contributed by atoms with van der Waals surface area (Å²) in [5.74, 6) is 0.175. The minimum Gasteiger partial charge on any atom is -0.305 e. The van der Waals surface area contributed by atoms with Gasteiger partial charge in [0.05, 0.1) is 6.04 Å². The zero-order valence-electron chi connectivity index (χ0n) is 8.66. The van der Waals surface area contributed by atoms with E-state index in [0.717, 1.165) is 10.0 Å². The Morgan fingerprint density at radius 3 is 2.53 bits per heavy atom. The van der Waals surface area contributed by atoms with Crippen LogP contribution in [0.2, 0.25) is 0 Å². The van der Waals surface area contributed by atoms with Gasteiger partial charge in [0.15, 0.2) is 5.78 Å². The van der Waals surface area contributed by atoms with Crippen LogP contribution >= 0.6 is 15.9 Å². The lowest BCUT2D eigenvalue weighted by Crippen LogP contribution is -2.35. The number of carbonyl (C=O) groups is 1. The Kier molecular flexibility index (Phi) is 3.22. The first-order valence-electron chi connectivity index (χ1n) is 5.22. The lowest BCUT2D eigenvalue weighted by Gasteiger charge is -2.11. The Labute approximate surface area is 98.2 Å². The van der Waals surface area contributed by atoms with Crippen LogP contribution in [-0.2, 0) is 0 Å². The van der Waals surface area contributed by atoms with Gasteiger partial charge in [-0.05, 0) is 31.9 Å². The van der Waals surface area contributed by atoms with Gasteiger partial charge in [-0.3, -0.25) is 4.79 Å². The van der Waals surface area contributed by atoms with E-state index in [-0.39, 0.29) is 11.8 Å². The van der Waals surface area contributed by atoms with Crippen molar-refractivity contribution in [3.8, 4) is 0 Å². The Hall–Kier alpha value is -0.670. The minimum atomic E-state index is -0.0707. The molecule has 0 amide bonds. The molecule has 1 aromatic carbocycles. The van der Waals surface area contributed by atoms with E-state index in [1.807, 2.05) is 31.2 Å². The average molecular weight is 268 g/mol. The van der Waals surface area contributed by atoms with Crippen LogP contribution in [0.15, 0.2) is 28.7 Å². The summed E-state index contributed by atoms with van der Waals surface area (Å²) < 4.78 is 1.00. The highest BCUT2D eigenvalue weighted by Crippen LogP contribution is 2.20. The van der Waals surface area contributed by atoms with Crippen LogP contribution in [0.25, 0.3) is 0 Å².